The monoisotopic (exact) mass is 339 g/mol. The molecule has 0 radical (unpaired) electrons. The van der Waals surface area contributed by atoms with Gasteiger partial charge in [-0.3, -0.25) is 4.79 Å². The Hall–Kier alpha value is -3.46. The van der Waals surface area contributed by atoms with Crippen molar-refractivity contribution in [2.45, 2.75) is 6.92 Å². The number of benzene rings is 3. The van der Waals surface area contributed by atoms with Crippen LogP contribution in [-0.4, -0.2) is 10.8 Å². The molecule has 0 unspecified atom stereocenters. The lowest BCUT2D eigenvalue weighted by Crippen LogP contribution is -1.95. The van der Waals surface area contributed by atoms with Crippen molar-refractivity contribution in [1.29, 1.82) is 0 Å². The zero-order valence-corrected chi connectivity index (χ0v) is 14.3. The van der Waals surface area contributed by atoms with E-state index in [0.29, 0.717) is 11.5 Å². The number of aromatic nitrogens is 1. The summed E-state index contributed by atoms with van der Waals surface area (Å²) < 4.78 is 5.79. The van der Waals surface area contributed by atoms with Crippen molar-refractivity contribution in [2.24, 2.45) is 0 Å². The van der Waals surface area contributed by atoms with Gasteiger partial charge in [0.2, 0.25) is 5.89 Å². The lowest BCUT2D eigenvalue weighted by Gasteiger charge is -2.06. The van der Waals surface area contributed by atoms with Crippen LogP contribution in [0.5, 0.6) is 0 Å². The highest BCUT2D eigenvalue weighted by atomic mass is 16.3. The standard InChI is InChI=1S/C23H17NO2/c1-16(25)19-9-5-6-10-20(19)18-12-13-22-21(15-18)24-23(26-22)14-11-17-7-3-2-4-8-17/h2-15H,1H3/b14-11+. The highest BCUT2D eigenvalue weighted by Gasteiger charge is 2.11. The Bertz CT molecular complexity index is 1110. The van der Waals surface area contributed by atoms with Gasteiger partial charge in [-0.05, 0) is 41.8 Å². The molecule has 0 aliphatic heterocycles. The van der Waals surface area contributed by atoms with E-state index in [1.54, 1.807) is 6.92 Å². The molecule has 126 valence electrons. The molecule has 0 bridgehead atoms. The SMILES string of the molecule is CC(=O)c1ccccc1-c1ccc2oc(/C=C/c3ccccc3)nc2c1. The van der Waals surface area contributed by atoms with E-state index >= 15 is 0 Å². The van der Waals surface area contributed by atoms with Gasteiger partial charge < -0.3 is 4.42 Å². The molecule has 0 aliphatic rings. The van der Waals surface area contributed by atoms with E-state index in [-0.39, 0.29) is 5.78 Å². The van der Waals surface area contributed by atoms with E-state index in [0.717, 1.165) is 27.8 Å². The average Bonchev–Trinajstić information content (AvgIpc) is 3.09. The van der Waals surface area contributed by atoms with Crippen molar-refractivity contribution in [3.8, 4) is 11.1 Å². The van der Waals surface area contributed by atoms with Gasteiger partial charge in [0.25, 0.3) is 0 Å². The zero-order valence-electron chi connectivity index (χ0n) is 14.3. The van der Waals surface area contributed by atoms with Gasteiger partial charge in [0.05, 0.1) is 0 Å². The summed E-state index contributed by atoms with van der Waals surface area (Å²) in [4.78, 5) is 16.4. The fourth-order valence-corrected chi connectivity index (χ4v) is 2.96. The number of Topliss-reactive ketones (excluding diaryl/α,β-unsaturated/α-hetero) is 1. The minimum Gasteiger partial charge on any atom is -0.437 e. The molecule has 3 heteroatoms. The van der Waals surface area contributed by atoms with E-state index in [2.05, 4.69) is 4.98 Å². The topological polar surface area (TPSA) is 43.1 Å². The summed E-state index contributed by atoms with van der Waals surface area (Å²) >= 11 is 0. The first-order valence-corrected chi connectivity index (χ1v) is 8.45. The molecule has 0 saturated heterocycles. The van der Waals surface area contributed by atoms with Gasteiger partial charge in [0.15, 0.2) is 11.4 Å². The van der Waals surface area contributed by atoms with Crippen LogP contribution in [0.4, 0.5) is 0 Å². The number of hydrogen-bond donors (Lipinski definition) is 0. The van der Waals surface area contributed by atoms with Gasteiger partial charge in [-0.15, -0.1) is 0 Å². The first-order valence-electron chi connectivity index (χ1n) is 8.45. The molecule has 0 atom stereocenters. The molecule has 0 saturated carbocycles. The summed E-state index contributed by atoms with van der Waals surface area (Å²) in [5, 5.41) is 0. The van der Waals surface area contributed by atoms with E-state index in [1.165, 1.54) is 0 Å². The molecule has 0 N–H and O–H groups in total. The maximum atomic E-state index is 11.9. The van der Waals surface area contributed by atoms with E-state index < -0.39 is 0 Å². The van der Waals surface area contributed by atoms with Crippen LogP contribution in [0.15, 0.2) is 77.2 Å². The molecular weight excluding hydrogens is 322 g/mol. The van der Waals surface area contributed by atoms with Gasteiger partial charge in [-0.2, -0.15) is 0 Å². The Morgan fingerprint density at radius 3 is 2.50 bits per heavy atom. The normalized spacial score (nSPS) is 11.3. The molecule has 0 fully saturated rings. The summed E-state index contributed by atoms with van der Waals surface area (Å²) in [5.41, 5.74) is 5.15. The molecule has 0 aliphatic carbocycles. The molecular formula is C23H17NO2. The highest BCUT2D eigenvalue weighted by molar-refractivity contribution is 6.01. The average molecular weight is 339 g/mol. The van der Waals surface area contributed by atoms with Crippen molar-refractivity contribution >= 4 is 29.0 Å². The smallest absolute Gasteiger partial charge is 0.220 e. The molecule has 3 nitrogen and oxygen atoms in total. The van der Waals surface area contributed by atoms with Gasteiger partial charge in [-0.25, -0.2) is 4.98 Å². The third-order valence-corrected chi connectivity index (χ3v) is 4.24. The third kappa shape index (κ3) is 3.20. The second-order valence-electron chi connectivity index (χ2n) is 6.08. The van der Waals surface area contributed by atoms with Crippen molar-refractivity contribution < 1.29 is 9.21 Å². The molecule has 3 aromatic carbocycles. The summed E-state index contributed by atoms with van der Waals surface area (Å²) in [5.74, 6) is 0.605. The number of carbonyl (C=O) groups is 1. The largest absolute Gasteiger partial charge is 0.437 e. The number of hydrogen-bond acceptors (Lipinski definition) is 3. The van der Waals surface area contributed by atoms with Crippen molar-refractivity contribution in [1.82, 2.24) is 4.98 Å². The van der Waals surface area contributed by atoms with Crippen LogP contribution in [0.1, 0.15) is 28.7 Å². The lowest BCUT2D eigenvalue weighted by molar-refractivity contribution is 0.101. The molecule has 1 aromatic heterocycles. The van der Waals surface area contributed by atoms with Crippen LogP contribution in [0, 0.1) is 0 Å². The lowest BCUT2D eigenvalue weighted by atomic mass is 9.97. The van der Waals surface area contributed by atoms with Gasteiger partial charge in [0.1, 0.15) is 5.52 Å². The van der Waals surface area contributed by atoms with Crippen LogP contribution in [0.2, 0.25) is 0 Å². The second kappa shape index (κ2) is 6.81. The predicted molar refractivity (Wildman–Crippen MR) is 105 cm³/mol. The quantitative estimate of drug-likeness (QED) is 0.437. The van der Waals surface area contributed by atoms with E-state index in [4.69, 9.17) is 4.42 Å². The van der Waals surface area contributed by atoms with Crippen LogP contribution in [0.25, 0.3) is 34.4 Å². The van der Waals surface area contributed by atoms with Gasteiger partial charge in [0, 0.05) is 11.6 Å². The number of ketones is 1. The van der Waals surface area contributed by atoms with Crippen LogP contribution < -0.4 is 0 Å². The van der Waals surface area contributed by atoms with Gasteiger partial charge in [-0.1, -0.05) is 60.7 Å². The fourth-order valence-electron chi connectivity index (χ4n) is 2.96. The zero-order chi connectivity index (χ0) is 17.9. The van der Waals surface area contributed by atoms with Crippen molar-refractivity contribution in [3.05, 3.63) is 89.8 Å². The summed E-state index contributed by atoms with van der Waals surface area (Å²) in [6.45, 7) is 1.58. The number of rotatable bonds is 4. The predicted octanol–water partition coefficient (Wildman–Crippen LogP) is 5.87. The minimum absolute atomic E-state index is 0.0485. The Morgan fingerprint density at radius 2 is 1.69 bits per heavy atom. The van der Waals surface area contributed by atoms with Crippen molar-refractivity contribution in [3.63, 3.8) is 0 Å². The highest BCUT2D eigenvalue weighted by Crippen LogP contribution is 2.28. The van der Waals surface area contributed by atoms with E-state index in [9.17, 15) is 4.79 Å². The minimum atomic E-state index is 0.0485. The van der Waals surface area contributed by atoms with E-state index in [1.807, 2.05) is 84.9 Å². The Balaban J connectivity index is 1.71. The summed E-state index contributed by atoms with van der Waals surface area (Å²) in [6, 6.07) is 23.4. The summed E-state index contributed by atoms with van der Waals surface area (Å²) in [7, 11) is 0. The summed E-state index contributed by atoms with van der Waals surface area (Å²) in [6.07, 6.45) is 3.83. The number of fused-ring (bicyclic) bond motifs is 1. The molecule has 4 rings (SSSR count). The third-order valence-electron chi connectivity index (χ3n) is 4.24. The first kappa shape index (κ1) is 16.0. The molecule has 1 heterocycles. The number of carbonyl (C=O) groups excluding carboxylic acids is 1. The van der Waals surface area contributed by atoms with Crippen LogP contribution in [0.3, 0.4) is 0 Å². The van der Waals surface area contributed by atoms with Crippen LogP contribution in [-0.2, 0) is 0 Å². The molecule has 4 aromatic rings. The van der Waals surface area contributed by atoms with Crippen molar-refractivity contribution in [2.75, 3.05) is 0 Å². The maximum Gasteiger partial charge on any atom is 0.220 e. The van der Waals surface area contributed by atoms with Crippen LogP contribution >= 0.6 is 0 Å². The fraction of sp³-hybridized carbons (Fsp3) is 0.0435. The Kier molecular flexibility index (Phi) is 4.20. The molecule has 26 heavy (non-hydrogen) atoms. The molecule has 0 spiro atoms. The second-order valence-corrected chi connectivity index (χ2v) is 6.08. The first-order chi connectivity index (χ1) is 12.7. The van der Waals surface area contributed by atoms with Gasteiger partial charge >= 0.3 is 0 Å². The molecule has 0 amide bonds. The number of oxazole rings is 1. The number of nitrogens with zero attached hydrogens (tertiary/aromatic N) is 1. The Morgan fingerprint density at radius 1 is 0.923 bits per heavy atom. The maximum absolute atomic E-state index is 11.9. The Labute approximate surface area is 151 Å².